The fourth-order valence-electron chi connectivity index (χ4n) is 2.84. The molecule has 0 spiro atoms. The molecule has 0 amide bonds. The van der Waals surface area contributed by atoms with Crippen molar-refractivity contribution in [2.45, 2.75) is 26.7 Å². The molecule has 7 heteroatoms. The molecule has 3 rings (SSSR count). The molecule has 2 aromatic rings. The van der Waals surface area contributed by atoms with E-state index in [1.165, 1.54) is 0 Å². The molecular weight excluding hydrogens is 292 g/mol. The first-order chi connectivity index (χ1) is 11.2. The van der Waals surface area contributed by atoms with Crippen molar-refractivity contribution in [3.63, 3.8) is 0 Å². The van der Waals surface area contributed by atoms with Gasteiger partial charge >= 0.3 is 0 Å². The number of nitrogens with zero attached hydrogens (tertiary/aromatic N) is 5. The van der Waals surface area contributed by atoms with E-state index in [1.807, 2.05) is 13.0 Å². The molecule has 0 aliphatic carbocycles. The molecule has 1 aliphatic rings. The Morgan fingerprint density at radius 2 is 1.87 bits per heavy atom. The van der Waals surface area contributed by atoms with Crippen molar-refractivity contribution in [3.8, 4) is 0 Å². The van der Waals surface area contributed by atoms with Gasteiger partial charge in [0.2, 0.25) is 0 Å². The molecule has 0 aromatic carbocycles. The summed E-state index contributed by atoms with van der Waals surface area (Å²) in [5, 5.41) is 6.28. The predicted molar refractivity (Wildman–Crippen MR) is 90.0 cm³/mol. The second-order valence-corrected chi connectivity index (χ2v) is 5.81. The second kappa shape index (κ2) is 6.76. The topological polar surface area (TPSA) is 78.0 Å². The molecule has 23 heavy (non-hydrogen) atoms. The molecule has 0 bridgehead atoms. The van der Waals surface area contributed by atoms with Gasteiger partial charge in [0.05, 0.1) is 11.9 Å². The van der Waals surface area contributed by atoms with Gasteiger partial charge in [-0.1, -0.05) is 6.92 Å². The molecule has 1 saturated heterocycles. The van der Waals surface area contributed by atoms with Gasteiger partial charge in [-0.25, -0.2) is 15.1 Å². The average Bonchev–Trinajstić information content (AvgIpc) is 2.55. The lowest BCUT2D eigenvalue weighted by molar-refractivity contribution is 0.641. The number of aromatic nitrogens is 4. The van der Waals surface area contributed by atoms with Gasteiger partial charge < -0.3 is 9.80 Å². The number of H-pyrrole nitrogens is 1. The molecule has 3 heterocycles. The van der Waals surface area contributed by atoms with Gasteiger partial charge in [-0.15, -0.1) is 0 Å². The third kappa shape index (κ3) is 3.67. The zero-order valence-corrected chi connectivity index (χ0v) is 13.6. The summed E-state index contributed by atoms with van der Waals surface area (Å²) in [4.78, 5) is 25.0. The summed E-state index contributed by atoms with van der Waals surface area (Å²) in [6, 6.07) is 3.64. The van der Waals surface area contributed by atoms with Crippen LogP contribution in [-0.4, -0.2) is 46.3 Å². The smallest absolute Gasteiger partial charge is 0.266 e. The molecule has 1 aliphatic heterocycles. The largest absolute Gasteiger partial charge is 0.367 e. The number of hydrogen-bond donors (Lipinski definition) is 1. The van der Waals surface area contributed by atoms with Crippen molar-refractivity contribution in [1.29, 1.82) is 0 Å². The van der Waals surface area contributed by atoms with Crippen molar-refractivity contribution in [2.75, 3.05) is 36.0 Å². The quantitative estimate of drug-likeness (QED) is 0.912. The van der Waals surface area contributed by atoms with Gasteiger partial charge in [0.15, 0.2) is 0 Å². The minimum Gasteiger partial charge on any atom is -0.367 e. The highest BCUT2D eigenvalue weighted by Gasteiger charge is 2.19. The maximum absolute atomic E-state index is 11.4. The van der Waals surface area contributed by atoms with Crippen LogP contribution in [0.5, 0.6) is 0 Å². The highest BCUT2D eigenvalue weighted by atomic mass is 16.1. The number of nitrogens with one attached hydrogen (secondary N) is 1. The first-order valence-electron chi connectivity index (χ1n) is 8.05. The summed E-state index contributed by atoms with van der Waals surface area (Å²) in [5.41, 5.74) is 1.72. The Bertz CT molecular complexity index is 721. The highest BCUT2D eigenvalue weighted by molar-refractivity contribution is 5.47. The lowest BCUT2D eigenvalue weighted by atomic mass is 10.2. The normalized spacial score (nSPS) is 15.0. The van der Waals surface area contributed by atoms with Gasteiger partial charge in [-0.05, 0) is 13.3 Å². The lowest BCUT2D eigenvalue weighted by Crippen LogP contribution is -2.47. The Hall–Kier alpha value is -2.44. The van der Waals surface area contributed by atoms with E-state index in [9.17, 15) is 4.79 Å². The summed E-state index contributed by atoms with van der Waals surface area (Å²) in [7, 11) is 0. The van der Waals surface area contributed by atoms with Crippen molar-refractivity contribution in [1.82, 2.24) is 20.2 Å². The predicted octanol–water partition coefficient (Wildman–Crippen LogP) is 1.15. The van der Waals surface area contributed by atoms with E-state index in [4.69, 9.17) is 0 Å². The van der Waals surface area contributed by atoms with E-state index in [0.717, 1.165) is 62.0 Å². The fraction of sp³-hybridized carbons (Fsp3) is 0.500. The van der Waals surface area contributed by atoms with Crippen LogP contribution in [0.2, 0.25) is 0 Å². The zero-order valence-electron chi connectivity index (χ0n) is 13.6. The van der Waals surface area contributed by atoms with Crippen LogP contribution in [0.4, 0.5) is 11.5 Å². The first kappa shape index (κ1) is 15.5. The molecule has 0 radical (unpaired) electrons. The molecule has 7 nitrogen and oxygen atoms in total. The van der Waals surface area contributed by atoms with E-state index in [-0.39, 0.29) is 5.56 Å². The molecule has 1 N–H and O–H groups in total. The van der Waals surface area contributed by atoms with Crippen molar-refractivity contribution in [3.05, 3.63) is 40.2 Å². The van der Waals surface area contributed by atoms with Gasteiger partial charge in [-0.2, -0.15) is 5.10 Å². The molecule has 0 unspecified atom stereocenters. The third-order valence-corrected chi connectivity index (χ3v) is 3.98. The maximum Gasteiger partial charge on any atom is 0.266 e. The Kier molecular flexibility index (Phi) is 4.55. The first-order valence-corrected chi connectivity index (χ1v) is 8.05. The van der Waals surface area contributed by atoms with Gasteiger partial charge in [0.25, 0.3) is 5.56 Å². The standard InChI is InChI=1S/C16H22N6O/c1-3-4-14-18-12(2)9-15(19-14)22-7-5-21(6-8-22)13-10-16(23)20-17-11-13/h9-11H,3-8H2,1-2H3,(H,20,23). The van der Waals surface area contributed by atoms with Crippen LogP contribution < -0.4 is 15.4 Å². The zero-order chi connectivity index (χ0) is 16.2. The van der Waals surface area contributed by atoms with Crippen LogP contribution in [0.1, 0.15) is 24.9 Å². The van der Waals surface area contributed by atoms with Gasteiger partial charge in [-0.3, -0.25) is 4.79 Å². The van der Waals surface area contributed by atoms with E-state index >= 15 is 0 Å². The number of aryl methyl sites for hydroxylation is 2. The Morgan fingerprint density at radius 1 is 1.13 bits per heavy atom. The maximum atomic E-state index is 11.4. The molecule has 0 atom stereocenters. The van der Waals surface area contributed by atoms with E-state index in [1.54, 1.807) is 12.3 Å². The summed E-state index contributed by atoms with van der Waals surface area (Å²) in [6.45, 7) is 7.58. The number of piperazine rings is 1. The van der Waals surface area contributed by atoms with Crippen LogP contribution in [0.15, 0.2) is 23.1 Å². The molecule has 122 valence electrons. The second-order valence-electron chi connectivity index (χ2n) is 5.81. The van der Waals surface area contributed by atoms with Crippen molar-refractivity contribution < 1.29 is 0 Å². The fourth-order valence-corrected chi connectivity index (χ4v) is 2.84. The highest BCUT2D eigenvalue weighted by Crippen LogP contribution is 2.18. The summed E-state index contributed by atoms with van der Waals surface area (Å²) in [6.07, 6.45) is 3.66. The number of hydrogen-bond acceptors (Lipinski definition) is 6. The lowest BCUT2D eigenvalue weighted by Gasteiger charge is -2.36. The van der Waals surface area contributed by atoms with Crippen LogP contribution in [0.3, 0.4) is 0 Å². The average molecular weight is 314 g/mol. The van der Waals surface area contributed by atoms with E-state index in [0.29, 0.717) is 0 Å². The van der Waals surface area contributed by atoms with E-state index < -0.39 is 0 Å². The summed E-state index contributed by atoms with van der Waals surface area (Å²) >= 11 is 0. The molecule has 0 saturated carbocycles. The molecule has 2 aromatic heterocycles. The SMILES string of the molecule is CCCc1nc(C)cc(N2CCN(c3cn[nH]c(=O)c3)CC2)n1. The van der Waals surface area contributed by atoms with Crippen molar-refractivity contribution >= 4 is 11.5 Å². The third-order valence-electron chi connectivity index (χ3n) is 3.98. The van der Waals surface area contributed by atoms with Gasteiger partial charge in [0.1, 0.15) is 11.6 Å². The summed E-state index contributed by atoms with van der Waals surface area (Å²) < 4.78 is 0. The minimum absolute atomic E-state index is 0.166. The summed E-state index contributed by atoms with van der Waals surface area (Å²) in [5.74, 6) is 1.92. The monoisotopic (exact) mass is 314 g/mol. The minimum atomic E-state index is -0.166. The number of anilines is 2. The van der Waals surface area contributed by atoms with Crippen LogP contribution in [0.25, 0.3) is 0 Å². The Balaban J connectivity index is 1.70. The number of rotatable bonds is 4. The van der Waals surface area contributed by atoms with Crippen LogP contribution in [-0.2, 0) is 6.42 Å². The Morgan fingerprint density at radius 3 is 2.57 bits per heavy atom. The Labute approximate surface area is 135 Å². The molecule has 1 fully saturated rings. The van der Waals surface area contributed by atoms with Crippen LogP contribution >= 0.6 is 0 Å². The van der Waals surface area contributed by atoms with Gasteiger partial charge in [0, 0.05) is 50.4 Å². The van der Waals surface area contributed by atoms with Crippen molar-refractivity contribution in [2.24, 2.45) is 0 Å². The number of aromatic amines is 1. The van der Waals surface area contributed by atoms with E-state index in [2.05, 4.69) is 36.9 Å². The molecular formula is C16H22N6O. The van der Waals surface area contributed by atoms with Crippen LogP contribution in [0, 0.1) is 6.92 Å².